The van der Waals surface area contributed by atoms with Crippen LogP contribution in [0.3, 0.4) is 0 Å². The van der Waals surface area contributed by atoms with Gasteiger partial charge in [-0.1, -0.05) is 6.08 Å². The van der Waals surface area contributed by atoms with Crippen LogP contribution in [0.15, 0.2) is 25.2 Å². The minimum atomic E-state index is -0.0231. The lowest BCUT2D eigenvalue weighted by Gasteiger charge is -2.37. The van der Waals surface area contributed by atoms with E-state index in [1.165, 1.54) is 0 Å². The molecule has 2 saturated heterocycles. The monoisotopic (exact) mass is 345 g/mol. The number of amides is 3. The third-order valence-corrected chi connectivity index (χ3v) is 5.34. The minimum absolute atomic E-state index is 0.0231. The van der Waals surface area contributed by atoms with E-state index in [-0.39, 0.29) is 11.9 Å². The Morgan fingerprint density at radius 1 is 1.40 bits per heavy atom. The molecule has 0 saturated carbocycles. The largest absolute Gasteiger partial charge is 0.348 e. The Balaban J connectivity index is 1.54. The topological polar surface area (TPSA) is 81.3 Å². The van der Waals surface area contributed by atoms with Gasteiger partial charge in [-0.25, -0.2) is 9.78 Å². The van der Waals surface area contributed by atoms with E-state index >= 15 is 0 Å². The number of carbonyl (C=O) groups excluding carboxylic acids is 2. The molecule has 1 aromatic rings. The first-order valence-corrected chi connectivity index (χ1v) is 9.06. The Morgan fingerprint density at radius 3 is 3.00 bits per heavy atom. The summed E-state index contributed by atoms with van der Waals surface area (Å²) in [5.41, 5.74) is 1.06. The molecule has 2 aliphatic rings. The molecule has 3 rings (SSSR count). The zero-order valence-electron chi connectivity index (χ0n) is 14.6. The van der Waals surface area contributed by atoms with Gasteiger partial charge in [-0.3, -0.25) is 4.79 Å². The fourth-order valence-corrected chi connectivity index (χ4v) is 3.85. The van der Waals surface area contributed by atoms with Gasteiger partial charge in [0.15, 0.2) is 0 Å². The third-order valence-electron chi connectivity index (χ3n) is 5.34. The highest BCUT2D eigenvalue weighted by atomic mass is 16.2. The molecule has 136 valence electrons. The second-order valence-electron chi connectivity index (χ2n) is 6.93. The highest BCUT2D eigenvalue weighted by Crippen LogP contribution is 2.32. The number of rotatable bonds is 5. The van der Waals surface area contributed by atoms with Gasteiger partial charge in [0.05, 0.1) is 6.33 Å². The van der Waals surface area contributed by atoms with Gasteiger partial charge in [-0.15, -0.1) is 6.58 Å². The van der Waals surface area contributed by atoms with Crippen molar-refractivity contribution in [2.75, 3.05) is 32.7 Å². The van der Waals surface area contributed by atoms with Gasteiger partial charge in [0, 0.05) is 57.5 Å². The van der Waals surface area contributed by atoms with Crippen molar-refractivity contribution in [3.63, 3.8) is 0 Å². The van der Waals surface area contributed by atoms with Crippen molar-refractivity contribution in [3.8, 4) is 0 Å². The van der Waals surface area contributed by atoms with E-state index < -0.39 is 0 Å². The summed E-state index contributed by atoms with van der Waals surface area (Å²) in [5, 5.41) is 2.85. The number of aromatic nitrogens is 2. The number of piperidine rings is 1. The normalized spacial score (nSPS) is 23.8. The quantitative estimate of drug-likeness (QED) is 0.792. The van der Waals surface area contributed by atoms with Crippen molar-refractivity contribution >= 4 is 11.9 Å². The number of likely N-dealkylation sites (tertiary alicyclic amines) is 2. The number of urea groups is 1. The van der Waals surface area contributed by atoms with Crippen molar-refractivity contribution in [2.24, 2.45) is 11.8 Å². The van der Waals surface area contributed by atoms with Crippen LogP contribution in [0, 0.1) is 11.8 Å². The summed E-state index contributed by atoms with van der Waals surface area (Å²) < 4.78 is 0. The van der Waals surface area contributed by atoms with Gasteiger partial charge in [-0.2, -0.15) is 0 Å². The van der Waals surface area contributed by atoms with Crippen molar-refractivity contribution in [3.05, 3.63) is 30.9 Å². The Labute approximate surface area is 148 Å². The number of hydrogen-bond acceptors (Lipinski definition) is 3. The lowest BCUT2D eigenvalue weighted by molar-refractivity contribution is -0.131. The average Bonchev–Trinajstić information content (AvgIpc) is 3.08. The van der Waals surface area contributed by atoms with Crippen LogP contribution < -0.4 is 5.32 Å². The maximum absolute atomic E-state index is 12.6. The van der Waals surface area contributed by atoms with E-state index in [9.17, 15) is 9.59 Å². The predicted molar refractivity (Wildman–Crippen MR) is 94.9 cm³/mol. The molecule has 2 atom stereocenters. The van der Waals surface area contributed by atoms with Gasteiger partial charge in [0.1, 0.15) is 0 Å². The van der Waals surface area contributed by atoms with Crippen LogP contribution in [0.1, 0.15) is 25.0 Å². The van der Waals surface area contributed by atoms with Crippen LogP contribution in [-0.2, 0) is 11.2 Å². The number of nitrogens with one attached hydrogen (secondary N) is 2. The summed E-state index contributed by atoms with van der Waals surface area (Å²) in [5.74, 6) is 1.05. The molecule has 0 spiro atoms. The molecule has 3 amide bonds. The standard InChI is InChI=1S/C18H27N5O2/c1-2-6-20-18(25)23-8-3-14-10-17(24)22(7-4-15(14)12-23)9-5-16-11-19-13-21-16/h2,11,13-15H,1,3-10,12H2,(H,19,21)(H,20,25)/t14-,15-/m0/s1. The van der Waals surface area contributed by atoms with Crippen LogP contribution in [0.25, 0.3) is 0 Å². The molecule has 7 nitrogen and oxygen atoms in total. The second kappa shape index (κ2) is 8.18. The first kappa shape index (κ1) is 17.5. The zero-order valence-corrected chi connectivity index (χ0v) is 14.6. The third kappa shape index (κ3) is 4.41. The van der Waals surface area contributed by atoms with E-state index in [0.717, 1.165) is 51.1 Å². The van der Waals surface area contributed by atoms with E-state index in [2.05, 4.69) is 21.9 Å². The van der Waals surface area contributed by atoms with Gasteiger partial charge >= 0.3 is 6.03 Å². The maximum atomic E-state index is 12.6. The zero-order chi connectivity index (χ0) is 17.6. The molecular weight excluding hydrogens is 318 g/mol. The van der Waals surface area contributed by atoms with Crippen molar-refractivity contribution < 1.29 is 9.59 Å². The van der Waals surface area contributed by atoms with Crippen molar-refractivity contribution in [1.29, 1.82) is 0 Å². The number of fused-ring (bicyclic) bond motifs is 1. The lowest BCUT2D eigenvalue weighted by Crippen LogP contribution is -2.48. The SMILES string of the molecule is C=CCNC(=O)N1CC[C@H]2CC(=O)N(CCc3cnc[nH]3)CC[C@H]2C1. The molecular formula is C18H27N5O2. The van der Waals surface area contributed by atoms with E-state index in [1.54, 1.807) is 12.4 Å². The maximum Gasteiger partial charge on any atom is 0.317 e. The molecule has 25 heavy (non-hydrogen) atoms. The Kier molecular flexibility index (Phi) is 5.73. The number of H-pyrrole nitrogens is 1. The summed E-state index contributed by atoms with van der Waals surface area (Å²) in [6.45, 7) is 7.09. The predicted octanol–water partition coefficient (Wildman–Crippen LogP) is 1.41. The van der Waals surface area contributed by atoms with Crippen molar-refractivity contribution in [1.82, 2.24) is 25.1 Å². The minimum Gasteiger partial charge on any atom is -0.348 e. The molecule has 2 fully saturated rings. The fraction of sp³-hybridized carbons (Fsp3) is 0.611. The van der Waals surface area contributed by atoms with Crippen LogP contribution >= 0.6 is 0 Å². The fourth-order valence-electron chi connectivity index (χ4n) is 3.85. The van der Waals surface area contributed by atoms with Crippen LogP contribution in [0.2, 0.25) is 0 Å². The van der Waals surface area contributed by atoms with E-state index in [4.69, 9.17) is 0 Å². The molecule has 3 heterocycles. The molecule has 0 aromatic carbocycles. The van der Waals surface area contributed by atoms with Crippen LogP contribution in [-0.4, -0.2) is 64.4 Å². The molecule has 2 N–H and O–H groups in total. The average molecular weight is 345 g/mol. The highest BCUT2D eigenvalue weighted by Gasteiger charge is 2.36. The van der Waals surface area contributed by atoms with Gasteiger partial charge in [-0.05, 0) is 24.7 Å². The first-order valence-electron chi connectivity index (χ1n) is 9.06. The second-order valence-corrected chi connectivity index (χ2v) is 6.93. The summed E-state index contributed by atoms with van der Waals surface area (Å²) in [4.78, 5) is 35.7. The molecule has 0 bridgehead atoms. The van der Waals surface area contributed by atoms with Gasteiger partial charge in [0.25, 0.3) is 0 Å². The lowest BCUT2D eigenvalue weighted by atomic mass is 9.82. The number of nitrogens with zero attached hydrogens (tertiary/aromatic N) is 3. The van der Waals surface area contributed by atoms with E-state index in [1.807, 2.05) is 16.0 Å². The summed E-state index contributed by atoms with van der Waals surface area (Å²) in [7, 11) is 0. The number of imidazole rings is 1. The smallest absolute Gasteiger partial charge is 0.317 e. The highest BCUT2D eigenvalue weighted by molar-refractivity contribution is 5.77. The number of carbonyl (C=O) groups is 2. The van der Waals surface area contributed by atoms with Crippen molar-refractivity contribution in [2.45, 2.75) is 25.7 Å². The van der Waals surface area contributed by atoms with Crippen LogP contribution in [0.4, 0.5) is 4.79 Å². The Bertz CT molecular complexity index is 601. The molecule has 7 heteroatoms. The summed E-state index contributed by atoms with van der Waals surface area (Å²) in [6, 6.07) is -0.0231. The number of aromatic amines is 1. The number of hydrogen-bond donors (Lipinski definition) is 2. The van der Waals surface area contributed by atoms with Gasteiger partial charge in [0.2, 0.25) is 5.91 Å². The first-order chi connectivity index (χ1) is 12.2. The summed E-state index contributed by atoms with van der Waals surface area (Å²) >= 11 is 0. The molecule has 1 aromatic heterocycles. The Hall–Kier alpha value is -2.31. The van der Waals surface area contributed by atoms with Crippen LogP contribution in [0.5, 0.6) is 0 Å². The molecule has 0 radical (unpaired) electrons. The Morgan fingerprint density at radius 2 is 2.24 bits per heavy atom. The molecule has 0 aliphatic carbocycles. The summed E-state index contributed by atoms with van der Waals surface area (Å²) in [6.07, 6.45) is 8.44. The van der Waals surface area contributed by atoms with Gasteiger partial charge < -0.3 is 20.1 Å². The molecule has 2 aliphatic heterocycles. The molecule has 0 unspecified atom stereocenters. The van der Waals surface area contributed by atoms with E-state index in [0.29, 0.717) is 24.8 Å².